The quantitative estimate of drug-likeness (QED) is 0.447. The molecule has 0 aliphatic carbocycles. The number of esters is 1. The molecule has 9 heteroatoms. The predicted molar refractivity (Wildman–Crippen MR) is 122 cm³/mol. The molecule has 3 aromatic heterocycles. The number of anilines is 1. The van der Waals surface area contributed by atoms with Crippen LogP contribution in [0.3, 0.4) is 0 Å². The maximum Gasteiger partial charge on any atom is 0.308 e. The van der Waals surface area contributed by atoms with Gasteiger partial charge in [0.1, 0.15) is 48.6 Å². The van der Waals surface area contributed by atoms with Crippen molar-refractivity contribution < 1.29 is 19.0 Å². The Balaban J connectivity index is 1.37. The third-order valence-corrected chi connectivity index (χ3v) is 5.76. The average Bonchev–Trinajstić information content (AvgIpc) is 3.42. The van der Waals surface area contributed by atoms with E-state index in [0.717, 1.165) is 16.3 Å². The van der Waals surface area contributed by atoms with Crippen LogP contribution in [0.4, 0.5) is 5.82 Å². The number of ether oxygens (including phenoxy) is 3. The number of nitrogen functional groups attached to an aromatic ring is 1. The molecule has 1 aliphatic heterocycles. The second kappa shape index (κ2) is 8.67. The van der Waals surface area contributed by atoms with Crippen LogP contribution in [-0.4, -0.2) is 44.3 Å². The summed E-state index contributed by atoms with van der Waals surface area (Å²) in [4.78, 5) is 25.1. The Morgan fingerprint density at radius 2 is 2.12 bits per heavy atom. The number of pyridine rings is 1. The Morgan fingerprint density at radius 1 is 1.24 bits per heavy atom. The summed E-state index contributed by atoms with van der Waals surface area (Å²) in [5, 5.41) is 1.78. The first kappa shape index (κ1) is 21.1. The fourth-order valence-electron chi connectivity index (χ4n) is 3.97. The van der Waals surface area contributed by atoms with Gasteiger partial charge in [-0.3, -0.25) is 9.78 Å². The van der Waals surface area contributed by atoms with Gasteiger partial charge in [-0.15, -0.1) is 0 Å². The largest absolute Gasteiger partial charge is 0.491 e. The standard InChI is InChI=1S/C24H25N5O4/c1-14(2)24(30)33-19-11-21(29-9-7-17-22(25)27-13-28-23(17)29)32-20(19)12-31-16-6-5-15-4-3-8-26-18(15)10-16/h3-10,13-14,19-21H,11-12H2,1-2H3,(H2,25,27,28)/t19-,20+,21+/m0/s1. The van der Waals surface area contributed by atoms with Crippen molar-refractivity contribution in [2.45, 2.75) is 38.7 Å². The molecule has 2 N–H and O–H groups in total. The van der Waals surface area contributed by atoms with Gasteiger partial charge in [-0.05, 0) is 24.3 Å². The van der Waals surface area contributed by atoms with Gasteiger partial charge in [0.25, 0.3) is 0 Å². The number of fused-ring (bicyclic) bond motifs is 2. The van der Waals surface area contributed by atoms with E-state index in [9.17, 15) is 4.79 Å². The molecule has 9 nitrogen and oxygen atoms in total. The van der Waals surface area contributed by atoms with Crippen molar-refractivity contribution in [1.29, 1.82) is 0 Å². The molecule has 0 bridgehead atoms. The van der Waals surface area contributed by atoms with Crippen LogP contribution in [0, 0.1) is 5.92 Å². The van der Waals surface area contributed by atoms with E-state index in [0.29, 0.717) is 23.6 Å². The molecule has 5 rings (SSSR count). The monoisotopic (exact) mass is 447 g/mol. The molecule has 1 saturated heterocycles. The summed E-state index contributed by atoms with van der Waals surface area (Å²) in [7, 11) is 0. The number of nitrogens with two attached hydrogens (primary N) is 1. The number of rotatable bonds is 6. The first-order valence-electron chi connectivity index (χ1n) is 10.9. The SMILES string of the molecule is CC(C)C(=O)O[C@H]1C[C@H](n2ccc3c(N)ncnc32)O[C@@H]1COc1ccc2cccnc2c1. The fraction of sp³-hybridized carbons (Fsp3) is 0.333. The second-order valence-electron chi connectivity index (χ2n) is 8.38. The molecule has 0 radical (unpaired) electrons. The highest BCUT2D eigenvalue weighted by Gasteiger charge is 2.40. The molecule has 0 unspecified atom stereocenters. The molecule has 3 atom stereocenters. The molecule has 1 fully saturated rings. The van der Waals surface area contributed by atoms with Gasteiger partial charge < -0.3 is 24.5 Å². The van der Waals surface area contributed by atoms with E-state index in [2.05, 4.69) is 15.0 Å². The van der Waals surface area contributed by atoms with E-state index >= 15 is 0 Å². The molecular formula is C24H25N5O4. The van der Waals surface area contributed by atoms with E-state index in [-0.39, 0.29) is 24.7 Å². The van der Waals surface area contributed by atoms with Gasteiger partial charge in [0.2, 0.25) is 0 Å². The van der Waals surface area contributed by atoms with Crippen LogP contribution in [-0.2, 0) is 14.3 Å². The topological polar surface area (TPSA) is 114 Å². The summed E-state index contributed by atoms with van der Waals surface area (Å²) in [5.41, 5.74) is 7.49. The number of aromatic nitrogens is 4. The summed E-state index contributed by atoms with van der Waals surface area (Å²) in [6.45, 7) is 3.84. The Labute approximate surface area is 190 Å². The first-order chi connectivity index (χ1) is 16.0. The van der Waals surface area contributed by atoms with Crippen LogP contribution in [0.25, 0.3) is 21.9 Å². The zero-order valence-electron chi connectivity index (χ0n) is 18.4. The van der Waals surface area contributed by atoms with Crippen LogP contribution >= 0.6 is 0 Å². The van der Waals surface area contributed by atoms with Crippen molar-refractivity contribution in [3.05, 3.63) is 55.1 Å². The first-order valence-corrected chi connectivity index (χ1v) is 10.9. The van der Waals surface area contributed by atoms with Crippen LogP contribution in [0.2, 0.25) is 0 Å². The molecule has 1 aromatic carbocycles. The summed E-state index contributed by atoms with van der Waals surface area (Å²) >= 11 is 0. The van der Waals surface area contributed by atoms with E-state index in [1.54, 1.807) is 6.20 Å². The van der Waals surface area contributed by atoms with Gasteiger partial charge in [-0.1, -0.05) is 19.9 Å². The molecule has 33 heavy (non-hydrogen) atoms. The normalized spacial score (nSPS) is 20.5. The van der Waals surface area contributed by atoms with Crippen LogP contribution in [0.1, 0.15) is 26.5 Å². The van der Waals surface area contributed by atoms with Crippen LogP contribution in [0.5, 0.6) is 5.75 Å². The number of benzene rings is 1. The Bertz CT molecular complexity index is 1300. The minimum Gasteiger partial charge on any atom is -0.491 e. The van der Waals surface area contributed by atoms with Crippen LogP contribution < -0.4 is 10.5 Å². The third-order valence-electron chi connectivity index (χ3n) is 5.76. The van der Waals surface area contributed by atoms with Crippen molar-refractivity contribution >= 4 is 33.7 Å². The van der Waals surface area contributed by atoms with E-state index in [1.807, 2.05) is 61.0 Å². The summed E-state index contributed by atoms with van der Waals surface area (Å²) < 4.78 is 20.0. The van der Waals surface area contributed by atoms with Crippen molar-refractivity contribution in [3.63, 3.8) is 0 Å². The Hall–Kier alpha value is -3.72. The molecule has 0 amide bonds. The zero-order valence-corrected chi connectivity index (χ0v) is 18.4. The molecule has 0 saturated carbocycles. The van der Waals surface area contributed by atoms with Gasteiger partial charge in [0.15, 0.2) is 0 Å². The highest BCUT2D eigenvalue weighted by molar-refractivity contribution is 5.86. The maximum atomic E-state index is 12.3. The van der Waals surface area contributed by atoms with Gasteiger partial charge in [-0.25, -0.2) is 9.97 Å². The molecular weight excluding hydrogens is 422 g/mol. The highest BCUT2D eigenvalue weighted by atomic mass is 16.6. The fourth-order valence-corrected chi connectivity index (χ4v) is 3.97. The lowest BCUT2D eigenvalue weighted by Crippen LogP contribution is -2.33. The van der Waals surface area contributed by atoms with E-state index in [1.165, 1.54) is 6.33 Å². The molecule has 4 aromatic rings. The van der Waals surface area contributed by atoms with Crippen molar-refractivity contribution in [3.8, 4) is 5.75 Å². The molecule has 0 spiro atoms. The average molecular weight is 447 g/mol. The highest BCUT2D eigenvalue weighted by Crippen LogP contribution is 2.34. The molecule has 170 valence electrons. The van der Waals surface area contributed by atoms with Crippen molar-refractivity contribution in [1.82, 2.24) is 19.5 Å². The van der Waals surface area contributed by atoms with Gasteiger partial charge in [0.05, 0.1) is 16.8 Å². The number of nitrogens with zero attached hydrogens (tertiary/aromatic N) is 4. The Morgan fingerprint density at radius 3 is 2.97 bits per heavy atom. The number of hydrogen-bond acceptors (Lipinski definition) is 8. The zero-order chi connectivity index (χ0) is 22.9. The lowest BCUT2D eigenvalue weighted by atomic mass is 10.1. The lowest BCUT2D eigenvalue weighted by Gasteiger charge is -2.20. The third kappa shape index (κ3) is 4.19. The minimum atomic E-state index is -0.458. The minimum absolute atomic E-state index is 0.223. The molecule has 1 aliphatic rings. The molecule has 4 heterocycles. The van der Waals surface area contributed by atoms with E-state index in [4.69, 9.17) is 19.9 Å². The second-order valence-corrected chi connectivity index (χ2v) is 8.38. The van der Waals surface area contributed by atoms with Gasteiger partial charge in [0, 0.05) is 30.3 Å². The number of carbonyl (C=O) groups is 1. The predicted octanol–water partition coefficient (Wildman–Crippen LogP) is 3.50. The number of carbonyl (C=O) groups excluding carboxylic acids is 1. The van der Waals surface area contributed by atoms with Crippen molar-refractivity contribution in [2.75, 3.05) is 12.3 Å². The summed E-state index contributed by atoms with van der Waals surface area (Å²) in [6.07, 6.45) is 4.21. The number of hydrogen-bond donors (Lipinski definition) is 1. The smallest absolute Gasteiger partial charge is 0.308 e. The van der Waals surface area contributed by atoms with Crippen molar-refractivity contribution in [2.24, 2.45) is 5.92 Å². The maximum absolute atomic E-state index is 12.3. The van der Waals surface area contributed by atoms with Gasteiger partial charge in [-0.2, -0.15) is 0 Å². The summed E-state index contributed by atoms with van der Waals surface area (Å²) in [5.74, 6) is 0.573. The lowest BCUT2D eigenvalue weighted by molar-refractivity contribution is -0.156. The van der Waals surface area contributed by atoms with E-state index < -0.39 is 12.2 Å². The Kier molecular flexibility index (Phi) is 5.55. The van der Waals surface area contributed by atoms with Gasteiger partial charge >= 0.3 is 5.97 Å². The summed E-state index contributed by atoms with van der Waals surface area (Å²) in [6, 6.07) is 11.5. The van der Waals surface area contributed by atoms with Crippen LogP contribution in [0.15, 0.2) is 55.1 Å².